The first-order valence-corrected chi connectivity index (χ1v) is 4.84. The van der Waals surface area contributed by atoms with Crippen LogP contribution >= 0.6 is 0 Å². The zero-order valence-corrected chi connectivity index (χ0v) is 7.01. The molecule has 0 radical (unpaired) electrons. The molecule has 0 aromatic heterocycles. The van der Waals surface area contributed by atoms with Crippen molar-refractivity contribution in [1.82, 2.24) is 0 Å². The van der Waals surface area contributed by atoms with E-state index in [9.17, 15) is 4.21 Å². The van der Waals surface area contributed by atoms with E-state index in [4.69, 9.17) is 5.14 Å². The molecule has 0 amide bonds. The van der Waals surface area contributed by atoms with Gasteiger partial charge in [0.15, 0.2) is 0 Å². The van der Waals surface area contributed by atoms with E-state index in [1.54, 1.807) is 0 Å². The highest BCUT2D eigenvalue weighted by Gasteiger charge is 1.93. The smallest absolute Gasteiger partial charge is 0.0891 e. The molecule has 0 aliphatic rings. The molecule has 60 valence electrons. The second-order valence-electron chi connectivity index (χ2n) is 2.32. The van der Waals surface area contributed by atoms with E-state index in [2.05, 4.69) is 0 Å². The van der Waals surface area contributed by atoms with Crippen molar-refractivity contribution in [2.45, 2.75) is 6.42 Å². The van der Waals surface area contributed by atoms with E-state index < -0.39 is 11.0 Å². The predicted molar refractivity (Wildman–Crippen MR) is 47.3 cm³/mol. The van der Waals surface area contributed by atoms with Crippen molar-refractivity contribution < 1.29 is 4.21 Å². The monoisotopic (exact) mass is 169 g/mol. The van der Waals surface area contributed by atoms with Gasteiger partial charge in [0, 0.05) is 5.75 Å². The Morgan fingerprint density at radius 1 is 1.27 bits per heavy atom. The van der Waals surface area contributed by atoms with Gasteiger partial charge in [0.25, 0.3) is 0 Å². The minimum atomic E-state index is -1.17. The Balaban J connectivity index is 2.45. The van der Waals surface area contributed by atoms with Crippen molar-refractivity contribution in [1.29, 1.82) is 0 Å². The van der Waals surface area contributed by atoms with Crippen molar-refractivity contribution in [3.8, 4) is 0 Å². The maximum Gasteiger partial charge on any atom is 0.0891 e. The summed E-state index contributed by atoms with van der Waals surface area (Å²) in [5.41, 5.74) is 1.19. The molecule has 0 bridgehead atoms. The lowest BCUT2D eigenvalue weighted by Crippen LogP contribution is -2.09. The molecule has 1 atom stereocenters. The molecular weight excluding hydrogens is 158 g/mol. The summed E-state index contributed by atoms with van der Waals surface area (Å²) in [7, 11) is -1.17. The van der Waals surface area contributed by atoms with Crippen LogP contribution in [0.4, 0.5) is 0 Å². The molecular formula is C8H11NOS. The fourth-order valence-electron chi connectivity index (χ4n) is 0.863. The molecule has 3 heteroatoms. The third kappa shape index (κ3) is 3.30. The highest BCUT2D eigenvalue weighted by Crippen LogP contribution is 1.98. The molecule has 0 saturated carbocycles. The molecule has 0 fully saturated rings. The van der Waals surface area contributed by atoms with Crippen LogP contribution in [0.15, 0.2) is 30.3 Å². The summed E-state index contributed by atoms with van der Waals surface area (Å²) in [4.78, 5) is 0. The van der Waals surface area contributed by atoms with Gasteiger partial charge in [-0.05, 0) is 12.0 Å². The molecule has 0 heterocycles. The SMILES string of the molecule is N[S@@](=O)CCc1ccccc1. The highest BCUT2D eigenvalue weighted by atomic mass is 32.2. The van der Waals surface area contributed by atoms with Crippen LogP contribution in [0, 0.1) is 0 Å². The highest BCUT2D eigenvalue weighted by molar-refractivity contribution is 7.82. The van der Waals surface area contributed by atoms with E-state index in [0.29, 0.717) is 5.75 Å². The van der Waals surface area contributed by atoms with E-state index in [-0.39, 0.29) is 0 Å². The topological polar surface area (TPSA) is 43.1 Å². The Morgan fingerprint density at radius 2 is 1.91 bits per heavy atom. The first kappa shape index (κ1) is 8.43. The van der Waals surface area contributed by atoms with E-state index in [0.717, 1.165) is 6.42 Å². The Kier molecular flexibility index (Phi) is 3.26. The van der Waals surface area contributed by atoms with Gasteiger partial charge in [-0.25, -0.2) is 4.21 Å². The average molecular weight is 169 g/mol. The first-order chi connectivity index (χ1) is 5.29. The minimum absolute atomic E-state index is 0.546. The Bertz CT molecular complexity index is 235. The first-order valence-electron chi connectivity index (χ1n) is 3.46. The summed E-state index contributed by atoms with van der Waals surface area (Å²) in [5.74, 6) is 0.546. The third-order valence-electron chi connectivity index (χ3n) is 1.43. The molecule has 11 heavy (non-hydrogen) atoms. The van der Waals surface area contributed by atoms with Crippen LogP contribution in [0.2, 0.25) is 0 Å². The van der Waals surface area contributed by atoms with E-state index in [1.807, 2.05) is 30.3 Å². The van der Waals surface area contributed by atoms with Crippen molar-refractivity contribution in [3.05, 3.63) is 35.9 Å². The molecule has 0 saturated heterocycles. The third-order valence-corrected chi connectivity index (χ3v) is 2.04. The van der Waals surface area contributed by atoms with E-state index >= 15 is 0 Å². The standard InChI is InChI=1S/C8H11NOS/c9-11(10)7-6-8-4-2-1-3-5-8/h1-5H,6-7,9H2/t11-/m0/s1. The molecule has 2 N–H and O–H groups in total. The summed E-state index contributed by atoms with van der Waals surface area (Å²) in [6.45, 7) is 0. The number of hydrogen-bond acceptors (Lipinski definition) is 1. The van der Waals surface area contributed by atoms with Crippen LogP contribution in [-0.4, -0.2) is 9.96 Å². The summed E-state index contributed by atoms with van der Waals surface area (Å²) in [6.07, 6.45) is 0.796. The maximum atomic E-state index is 10.5. The minimum Gasteiger partial charge on any atom is -0.252 e. The largest absolute Gasteiger partial charge is 0.252 e. The van der Waals surface area contributed by atoms with E-state index in [1.165, 1.54) is 5.56 Å². The van der Waals surface area contributed by atoms with Gasteiger partial charge in [-0.15, -0.1) is 0 Å². The van der Waals surface area contributed by atoms with Crippen LogP contribution in [0.3, 0.4) is 0 Å². The van der Waals surface area contributed by atoms with Crippen LogP contribution in [-0.2, 0) is 17.4 Å². The van der Waals surface area contributed by atoms with Gasteiger partial charge < -0.3 is 0 Å². The molecule has 0 unspecified atom stereocenters. The quantitative estimate of drug-likeness (QED) is 0.716. The summed E-state index contributed by atoms with van der Waals surface area (Å²) >= 11 is 0. The second-order valence-corrected chi connectivity index (χ2v) is 3.49. The van der Waals surface area contributed by atoms with Crippen LogP contribution in [0.5, 0.6) is 0 Å². The van der Waals surface area contributed by atoms with Crippen molar-refractivity contribution in [2.75, 3.05) is 5.75 Å². The molecule has 0 aliphatic heterocycles. The summed E-state index contributed by atoms with van der Waals surface area (Å²) in [6, 6.07) is 9.91. The zero-order valence-electron chi connectivity index (χ0n) is 6.19. The van der Waals surface area contributed by atoms with Crippen LogP contribution < -0.4 is 5.14 Å². The zero-order chi connectivity index (χ0) is 8.10. The Labute approximate surface area is 69.0 Å². The fraction of sp³-hybridized carbons (Fsp3) is 0.250. The maximum absolute atomic E-state index is 10.5. The lowest BCUT2D eigenvalue weighted by Gasteiger charge is -1.96. The number of hydrogen-bond donors (Lipinski definition) is 1. The number of rotatable bonds is 3. The van der Waals surface area contributed by atoms with Crippen LogP contribution in [0.25, 0.3) is 0 Å². The Morgan fingerprint density at radius 3 is 2.45 bits per heavy atom. The number of benzene rings is 1. The fourth-order valence-corrected chi connectivity index (χ4v) is 1.30. The van der Waals surface area contributed by atoms with Crippen molar-refractivity contribution in [3.63, 3.8) is 0 Å². The van der Waals surface area contributed by atoms with Gasteiger partial charge >= 0.3 is 0 Å². The predicted octanol–water partition coefficient (Wildman–Crippen LogP) is 0.852. The number of nitrogens with two attached hydrogens (primary N) is 1. The van der Waals surface area contributed by atoms with Crippen LogP contribution in [0.1, 0.15) is 5.56 Å². The lowest BCUT2D eigenvalue weighted by atomic mass is 10.2. The molecule has 0 spiro atoms. The Hall–Kier alpha value is -0.670. The normalized spacial score (nSPS) is 12.8. The molecule has 1 aromatic rings. The second kappa shape index (κ2) is 4.26. The summed E-state index contributed by atoms with van der Waals surface area (Å²) in [5, 5.41) is 5.11. The molecule has 1 aromatic carbocycles. The van der Waals surface area contributed by atoms with Crippen molar-refractivity contribution in [2.24, 2.45) is 5.14 Å². The van der Waals surface area contributed by atoms with Gasteiger partial charge in [0.2, 0.25) is 0 Å². The van der Waals surface area contributed by atoms with Gasteiger partial charge in [-0.3, -0.25) is 5.14 Å². The van der Waals surface area contributed by atoms with Gasteiger partial charge in [-0.2, -0.15) is 0 Å². The average Bonchev–Trinajstić information content (AvgIpc) is 2.03. The van der Waals surface area contributed by atoms with Gasteiger partial charge in [-0.1, -0.05) is 30.3 Å². The molecule has 0 aliphatic carbocycles. The lowest BCUT2D eigenvalue weighted by molar-refractivity contribution is 0.683. The molecule has 1 rings (SSSR count). The molecule has 2 nitrogen and oxygen atoms in total. The van der Waals surface area contributed by atoms with Gasteiger partial charge in [0.1, 0.15) is 0 Å². The number of aryl methyl sites for hydroxylation is 1. The summed E-state index contributed by atoms with van der Waals surface area (Å²) < 4.78 is 10.5. The van der Waals surface area contributed by atoms with Gasteiger partial charge in [0.05, 0.1) is 11.0 Å². The van der Waals surface area contributed by atoms with Crippen molar-refractivity contribution >= 4 is 11.0 Å².